The summed E-state index contributed by atoms with van der Waals surface area (Å²) in [7, 11) is 0. The Morgan fingerprint density at radius 2 is 2.29 bits per heavy atom. The molecule has 0 unspecified atom stereocenters. The molecule has 0 bridgehead atoms. The van der Waals surface area contributed by atoms with Crippen molar-refractivity contribution >= 4 is 40.8 Å². The normalized spacial score (nSPS) is 10.6. The SMILES string of the molecule is CCCCNC(=S)N/N=C\c1cc(Cl)cc([N+](=O)[O-])c1[O-]. The summed E-state index contributed by atoms with van der Waals surface area (Å²) >= 11 is 10.7. The van der Waals surface area contributed by atoms with Gasteiger partial charge in [0.1, 0.15) is 0 Å². The third kappa shape index (κ3) is 5.52. The molecular weight excluding hydrogens is 316 g/mol. The van der Waals surface area contributed by atoms with Gasteiger partial charge in [-0.1, -0.05) is 24.9 Å². The number of unbranched alkanes of at least 4 members (excludes halogenated alkanes) is 1. The van der Waals surface area contributed by atoms with Crippen LogP contribution in [-0.2, 0) is 0 Å². The Labute approximate surface area is 132 Å². The summed E-state index contributed by atoms with van der Waals surface area (Å²) in [4.78, 5) is 9.93. The molecule has 0 fully saturated rings. The molecular formula is C12H14ClN4O3S-. The molecule has 7 nitrogen and oxygen atoms in total. The monoisotopic (exact) mass is 329 g/mol. The van der Waals surface area contributed by atoms with Crippen molar-refractivity contribution in [1.29, 1.82) is 0 Å². The van der Waals surface area contributed by atoms with E-state index in [1.807, 2.05) is 0 Å². The third-order valence-corrected chi connectivity index (χ3v) is 2.90. The minimum atomic E-state index is -0.782. The van der Waals surface area contributed by atoms with Gasteiger partial charge < -0.3 is 10.4 Å². The standard InChI is InChI=1S/C12H15ClN4O3S/c1-2-3-4-14-12(21)16-15-7-8-5-9(13)6-10(11(8)18)17(19)20/h5-7,18H,2-4H2,1H3,(H2,14,16,21)/p-1/b15-7-. The molecule has 0 radical (unpaired) electrons. The molecule has 0 aliphatic heterocycles. The maximum Gasteiger partial charge on any atom is 0.263 e. The minimum absolute atomic E-state index is 0.0121. The van der Waals surface area contributed by atoms with E-state index in [9.17, 15) is 15.2 Å². The molecule has 21 heavy (non-hydrogen) atoms. The minimum Gasteiger partial charge on any atom is -0.867 e. The molecule has 0 saturated heterocycles. The Balaban J connectivity index is 2.72. The highest BCUT2D eigenvalue weighted by molar-refractivity contribution is 7.80. The van der Waals surface area contributed by atoms with Gasteiger partial charge in [-0.2, -0.15) is 5.10 Å². The molecule has 1 aromatic carbocycles. The van der Waals surface area contributed by atoms with Gasteiger partial charge in [0.15, 0.2) is 5.11 Å². The van der Waals surface area contributed by atoms with Gasteiger partial charge >= 0.3 is 0 Å². The van der Waals surface area contributed by atoms with Crippen LogP contribution < -0.4 is 15.8 Å². The fraction of sp³-hybridized carbons (Fsp3) is 0.333. The lowest BCUT2D eigenvalue weighted by Crippen LogP contribution is -2.32. The molecule has 0 atom stereocenters. The second-order valence-electron chi connectivity index (χ2n) is 4.08. The van der Waals surface area contributed by atoms with E-state index in [1.54, 1.807) is 0 Å². The topological polar surface area (TPSA) is 103 Å². The fourth-order valence-corrected chi connectivity index (χ4v) is 1.79. The number of thiocarbonyl (C=S) groups is 1. The van der Waals surface area contributed by atoms with Gasteiger partial charge in [0.05, 0.1) is 11.1 Å². The first-order chi connectivity index (χ1) is 9.95. The zero-order valence-electron chi connectivity index (χ0n) is 11.3. The largest absolute Gasteiger partial charge is 0.867 e. The van der Waals surface area contributed by atoms with Crippen molar-refractivity contribution in [2.45, 2.75) is 19.8 Å². The van der Waals surface area contributed by atoms with E-state index < -0.39 is 16.4 Å². The van der Waals surface area contributed by atoms with Crippen molar-refractivity contribution in [3.8, 4) is 5.75 Å². The van der Waals surface area contributed by atoms with Crippen molar-refractivity contribution in [3.63, 3.8) is 0 Å². The Hall–Kier alpha value is -1.93. The lowest BCUT2D eigenvalue weighted by molar-refractivity contribution is -0.398. The molecule has 1 aromatic rings. The van der Waals surface area contributed by atoms with Crippen LogP contribution in [0.25, 0.3) is 0 Å². The third-order valence-electron chi connectivity index (χ3n) is 2.45. The van der Waals surface area contributed by atoms with Crippen LogP contribution in [0.3, 0.4) is 0 Å². The van der Waals surface area contributed by atoms with E-state index in [0.717, 1.165) is 25.1 Å². The number of nitro groups is 1. The summed E-state index contributed by atoms with van der Waals surface area (Å²) < 4.78 is 0. The van der Waals surface area contributed by atoms with E-state index in [0.29, 0.717) is 11.7 Å². The predicted octanol–water partition coefficient (Wildman–Crippen LogP) is 1.92. The van der Waals surface area contributed by atoms with E-state index >= 15 is 0 Å². The Morgan fingerprint density at radius 3 is 2.90 bits per heavy atom. The Morgan fingerprint density at radius 1 is 1.57 bits per heavy atom. The maximum atomic E-state index is 11.8. The van der Waals surface area contributed by atoms with Crippen LogP contribution in [0.4, 0.5) is 5.69 Å². The highest BCUT2D eigenvalue weighted by Crippen LogP contribution is 2.29. The fourth-order valence-electron chi connectivity index (χ4n) is 1.41. The van der Waals surface area contributed by atoms with Crippen LogP contribution >= 0.6 is 23.8 Å². The van der Waals surface area contributed by atoms with Crippen LogP contribution in [-0.4, -0.2) is 22.8 Å². The lowest BCUT2D eigenvalue weighted by Gasteiger charge is -2.11. The van der Waals surface area contributed by atoms with Crippen LogP contribution in [0, 0.1) is 10.1 Å². The van der Waals surface area contributed by atoms with Crippen molar-refractivity contribution in [1.82, 2.24) is 10.7 Å². The van der Waals surface area contributed by atoms with E-state index in [-0.39, 0.29) is 10.6 Å². The highest BCUT2D eigenvalue weighted by Gasteiger charge is 2.11. The van der Waals surface area contributed by atoms with Crippen molar-refractivity contribution in [2.24, 2.45) is 5.10 Å². The number of nitrogens with zero attached hydrogens (tertiary/aromatic N) is 2. The Bertz CT molecular complexity index is 566. The quantitative estimate of drug-likeness (QED) is 0.272. The summed E-state index contributed by atoms with van der Waals surface area (Å²) in [6.07, 6.45) is 3.15. The van der Waals surface area contributed by atoms with Gasteiger partial charge in [-0.3, -0.25) is 15.5 Å². The summed E-state index contributed by atoms with van der Waals surface area (Å²) in [5.74, 6) is -0.750. The number of hydrazone groups is 1. The smallest absolute Gasteiger partial charge is 0.263 e. The van der Waals surface area contributed by atoms with Gasteiger partial charge in [0.2, 0.25) is 0 Å². The van der Waals surface area contributed by atoms with Crippen LogP contribution in [0.5, 0.6) is 5.75 Å². The van der Waals surface area contributed by atoms with Crippen molar-refractivity contribution in [3.05, 3.63) is 32.8 Å². The van der Waals surface area contributed by atoms with Gasteiger partial charge in [-0.15, -0.1) is 0 Å². The Kier molecular flexibility index (Phi) is 6.83. The van der Waals surface area contributed by atoms with E-state index in [1.165, 1.54) is 6.07 Å². The molecule has 0 spiro atoms. The van der Waals surface area contributed by atoms with Gasteiger partial charge in [0, 0.05) is 17.6 Å². The number of nitrogens with one attached hydrogen (secondary N) is 2. The van der Waals surface area contributed by atoms with Gasteiger partial charge in [-0.05, 0) is 36.0 Å². The zero-order valence-corrected chi connectivity index (χ0v) is 12.8. The molecule has 114 valence electrons. The van der Waals surface area contributed by atoms with Crippen LogP contribution in [0.15, 0.2) is 17.2 Å². The zero-order chi connectivity index (χ0) is 15.8. The molecule has 0 saturated carbocycles. The first-order valence-electron chi connectivity index (χ1n) is 6.17. The number of hydrogen-bond acceptors (Lipinski definition) is 5. The molecule has 1 rings (SSSR count). The van der Waals surface area contributed by atoms with E-state index in [2.05, 4.69) is 22.8 Å². The molecule has 0 aliphatic rings. The number of nitro benzene ring substituents is 1. The van der Waals surface area contributed by atoms with Gasteiger partial charge in [-0.25, -0.2) is 0 Å². The van der Waals surface area contributed by atoms with Gasteiger partial charge in [0.25, 0.3) is 5.69 Å². The highest BCUT2D eigenvalue weighted by atomic mass is 35.5. The molecule has 2 N–H and O–H groups in total. The molecule has 9 heteroatoms. The summed E-state index contributed by atoms with van der Waals surface area (Å²) in [6.45, 7) is 2.77. The molecule has 0 aliphatic carbocycles. The summed E-state index contributed by atoms with van der Waals surface area (Å²) in [6, 6.07) is 2.31. The van der Waals surface area contributed by atoms with Crippen molar-refractivity contribution < 1.29 is 10.0 Å². The lowest BCUT2D eigenvalue weighted by atomic mass is 10.2. The van der Waals surface area contributed by atoms with Crippen LogP contribution in [0.1, 0.15) is 25.3 Å². The predicted molar refractivity (Wildman–Crippen MR) is 83.8 cm³/mol. The molecule has 0 heterocycles. The average molecular weight is 330 g/mol. The molecule has 0 aromatic heterocycles. The first-order valence-corrected chi connectivity index (χ1v) is 6.96. The van der Waals surface area contributed by atoms with Crippen LogP contribution in [0.2, 0.25) is 5.02 Å². The number of rotatable bonds is 6. The summed E-state index contributed by atoms with van der Waals surface area (Å²) in [5, 5.41) is 29.6. The first kappa shape index (κ1) is 17.1. The number of hydrogen-bond donors (Lipinski definition) is 2. The maximum absolute atomic E-state index is 11.8. The number of halogens is 1. The molecule has 0 amide bonds. The van der Waals surface area contributed by atoms with Crippen molar-refractivity contribution in [2.75, 3.05) is 6.54 Å². The average Bonchev–Trinajstić information content (AvgIpc) is 2.42. The number of benzene rings is 1. The summed E-state index contributed by atoms with van der Waals surface area (Å²) in [5.41, 5.74) is 1.95. The second-order valence-corrected chi connectivity index (χ2v) is 4.92. The second kappa shape index (κ2) is 8.38. The van der Waals surface area contributed by atoms with E-state index in [4.69, 9.17) is 23.8 Å².